The van der Waals surface area contributed by atoms with Gasteiger partial charge in [0.1, 0.15) is 23.9 Å². The summed E-state index contributed by atoms with van der Waals surface area (Å²) in [6.07, 6.45) is 0. The van der Waals surface area contributed by atoms with Crippen molar-refractivity contribution < 1.29 is 23.8 Å². The SMILES string of the molecule is COC(=O)c1ccccc1NC(=O)c1ccc(Oc2ccc3cc(OCc4ccccc4)ccc3c2)cc1. The lowest BCUT2D eigenvalue weighted by atomic mass is 10.1. The van der Waals surface area contributed by atoms with Crippen LogP contribution in [-0.2, 0) is 11.3 Å². The third-order valence-electron chi connectivity index (χ3n) is 5.96. The van der Waals surface area contributed by atoms with Gasteiger partial charge in [-0.2, -0.15) is 0 Å². The predicted octanol–water partition coefficient (Wildman–Crippen LogP) is 7.25. The monoisotopic (exact) mass is 503 g/mol. The van der Waals surface area contributed by atoms with Crippen LogP contribution in [0.25, 0.3) is 10.8 Å². The van der Waals surface area contributed by atoms with Gasteiger partial charge in [0.25, 0.3) is 5.91 Å². The van der Waals surface area contributed by atoms with Gasteiger partial charge in [0.2, 0.25) is 0 Å². The molecule has 0 saturated carbocycles. The van der Waals surface area contributed by atoms with Crippen LogP contribution in [0.1, 0.15) is 26.3 Å². The van der Waals surface area contributed by atoms with Crippen LogP contribution in [0.15, 0.2) is 115 Å². The Morgan fingerprint density at radius 1 is 0.684 bits per heavy atom. The predicted molar refractivity (Wildman–Crippen MR) is 147 cm³/mol. The summed E-state index contributed by atoms with van der Waals surface area (Å²) in [5.41, 5.74) is 2.22. The first-order chi connectivity index (χ1) is 18.6. The number of methoxy groups -OCH3 is 1. The van der Waals surface area contributed by atoms with Crippen molar-refractivity contribution in [1.29, 1.82) is 0 Å². The Bertz CT molecular complexity index is 1580. The van der Waals surface area contributed by atoms with Crippen LogP contribution in [0, 0.1) is 0 Å². The number of nitrogens with one attached hydrogen (secondary N) is 1. The van der Waals surface area contributed by atoms with Gasteiger partial charge in [0.05, 0.1) is 18.4 Å². The number of carbonyl (C=O) groups excluding carboxylic acids is 2. The zero-order chi connectivity index (χ0) is 26.3. The molecule has 0 unspecified atom stereocenters. The molecule has 6 heteroatoms. The number of carbonyl (C=O) groups is 2. The highest BCUT2D eigenvalue weighted by molar-refractivity contribution is 6.08. The molecule has 38 heavy (non-hydrogen) atoms. The number of amides is 1. The Balaban J connectivity index is 1.23. The van der Waals surface area contributed by atoms with E-state index >= 15 is 0 Å². The van der Waals surface area contributed by atoms with Crippen molar-refractivity contribution in [3.63, 3.8) is 0 Å². The fourth-order valence-corrected chi connectivity index (χ4v) is 3.98. The third-order valence-corrected chi connectivity index (χ3v) is 5.96. The molecule has 0 radical (unpaired) electrons. The van der Waals surface area contributed by atoms with Gasteiger partial charge in [-0.15, -0.1) is 0 Å². The lowest BCUT2D eigenvalue weighted by Crippen LogP contribution is -2.15. The Labute approximate surface area is 220 Å². The molecule has 0 aliphatic carbocycles. The van der Waals surface area contributed by atoms with Crippen molar-refractivity contribution in [3.05, 3.63) is 132 Å². The van der Waals surface area contributed by atoms with Crippen molar-refractivity contribution in [2.45, 2.75) is 6.61 Å². The molecule has 0 saturated heterocycles. The number of esters is 1. The number of rotatable bonds is 8. The first kappa shape index (κ1) is 24.6. The molecule has 6 nitrogen and oxygen atoms in total. The van der Waals surface area contributed by atoms with Crippen molar-refractivity contribution in [1.82, 2.24) is 0 Å². The summed E-state index contributed by atoms with van der Waals surface area (Å²) in [5, 5.41) is 4.83. The average molecular weight is 504 g/mol. The highest BCUT2D eigenvalue weighted by atomic mass is 16.5. The van der Waals surface area contributed by atoms with Gasteiger partial charge in [-0.05, 0) is 77.0 Å². The van der Waals surface area contributed by atoms with Crippen molar-refractivity contribution in [2.75, 3.05) is 12.4 Å². The Morgan fingerprint density at radius 2 is 1.32 bits per heavy atom. The minimum Gasteiger partial charge on any atom is -0.489 e. The molecule has 1 N–H and O–H groups in total. The van der Waals surface area contributed by atoms with E-state index < -0.39 is 5.97 Å². The fraction of sp³-hybridized carbons (Fsp3) is 0.0625. The molecule has 0 heterocycles. The fourth-order valence-electron chi connectivity index (χ4n) is 3.98. The van der Waals surface area contributed by atoms with Crippen LogP contribution in [0.4, 0.5) is 5.69 Å². The van der Waals surface area contributed by atoms with Crippen molar-refractivity contribution in [2.24, 2.45) is 0 Å². The number of hydrogen-bond donors (Lipinski definition) is 1. The molecule has 0 aliphatic heterocycles. The second-order valence-electron chi connectivity index (χ2n) is 8.56. The molecule has 0 aliphatic rings. The smallest absolute Gasteiger partial charge is 0.339 e. The maximum absolute atomic E-state index is 12.7. The Hall–Kier alpha value is -5.10. The summed E-state index contributed by atoms with van der Waals surface area (Å²) in [7, 11) is 1.30. The molecule has 5 aromatic carbocycles. The lowest BCUT2D eigenvalue weighted by molar-refractivity contribution is 0.0602. The zero-order valence-electron chi connectivity index (χ0n) is 20.7. The molecule has 1 amide bonds. The topological polar surface area (TPSA) is 73.9 Å². The summed E-state index contributed by atoms with van der Waals surface area (Å²) in [6, 6.07) is 35.3. The standard InChI is InChI=1S/C32H25NO5/c1-36-32(35)29-9-5-6-10-30(29)33-31(34)23-11-15-26(16-12-23)38-28-18-14-24-19-27(17-13-25(24)20-28)37-21-22-7-3-2-4-8-22/h2-20H,21H2,1H3,(H,33,34). The molecule has 0 fully saturated rings. The molecule has 0 spiro atoms. The molecule has 0 atom stereocenters. The number of hydrogen-bond acceptors (Lipinski definition) is 5. The van der Waals surface area contributed by atoms with Gasteiger partial charge >= 0.3 is 5.97 Å². The summed E-state index contributed by atoms with van der Waals surface area (Å²) < 4.78 is 16.7. The quantitative estimate of drug-likeness (QED) is 0.226. The van der Waals surface area contributed by atoms with Crippen LogP contribution in [-0.4, -0.2) is 19.0 Å². The van der Waals surface area contributed by atoms with Gasteiger partial charge in [0.15, 0.2) is 0 Å². The van der Waals surface area contributed by atoms with E-state index in [2.05, 4.69) is 5.32 Å². The maximum atomic E-state index is 12.7. The van der Waals surface area contributed by atoms with Gasteiger partial charge in [-0.3, -0.25) is 4.79 Å². The van der Waals surface area contributed by atoms with Crippen molar-refractivity contribution in [3.8, 4) is 17.2 Å². The number of para-hydroxylation sites is 1. The van der Waals surface area contributed by atoms with E-state index in [-0.39, 0.29) is 11.5 Å². The molecule has 0 bridgehead atoms. The minimum absolute atomic E-state index is 0.287. The largest absolute Gasteiger partial charge is 0.489 e. The third kappa shape index (κ3) is 5.82. The van der Waals surface area contributed by atoms with Gasteiger partial charge < -0.3 is 19.5 Å². The molecule has 5 rings (SSSR count). The summed E-state index contributed by atoms with van der Waals surface area (Å²) in [4.78, 5) is 24.7. The van der Waals surface area contributed by atoms with E-state index in [0.717, 1.165) is 22.1 Å². The number of ether oxygens (including phenoxy) is 3. The van der Waals surface area contributed by atoms with E-state index in [1.54, 1.807) is 48.5 Å². The summed E-state index contributed by atoms with van der Waals surface area (Å²) in [6.45, 7) is 0.513. The summed E-state index contributed by atoms with van der Waals surface area (Å²) in [5.74, 6) is 1.22. The zero-order valence-corrected chi connectivity index (χ0v) is 20.7. The highest BCUT2D eigenvalue weighted by Gasteiger charge is 2.14. The minimum atomic E-state index is -0.518. The average Bonchev–Trinajstić information content (AvgIpc) is 2.97. The van der Waals surface area contributed by atoms with E-state index in [9.17, 15) is 9.59 Å². The Morgan fingerprint density at radius 3 is 2.05 bits per heavy atom. The first-order valence-electron chi connectivity index (χ1n) is 12.1. The molecule has 5 aromatic rings. The van der Waals surface area contributed by atoms with Crippen LogP contribution >= 0.6 is 0 Å². The Kier molecular flexibility index (Phi) is 7.32. The van der Waals surface area contributed by atoms with E-state index in [4.69, 9.17) is 14.2 Å². The molecule has 0 aromatic heterocycles. The molecule has 188 valence electrons. The second kappa shape index (κ2) is 11.3. The first-order valence-corrected chi connectivity index (χ1v) is 12.1. The van der Waals surface area contributed by atoms with E-state index in [1.807, 2.05) is 66.7 Å². The van der Waals surface area contributed by atoms with Crippen LogP contribution in [0.5, 0.6) is 17.2 Å². The number of anilines is 1. The second-order valence-corrected chi connectivity index (χ2v) is 8.56. The molecular weight excluding hydrogens is 478 g/mol. The lowest BCUT2D eigenvalue weighted by Gasteiger charge is -2.11. The van der Waals surface area contributed by atoms with Crippen LogP contribution in [0.2, 0.25) is 0 Å². The highest BCUT2D eigenvalue weighted by Crippen LogP contribution is 2.29. The van der Waals surface area contributed by atoms with E-state index in [0.29, 0.717) is 29.4 Å². The number of benzene rings is 5. The van der Waals surface area contributed by atoms with Gasteiger partial charge in [-0.25, -0.2) is 4.79 Å². The van der Waals surface area contributed by atoms with Gasteiger partial charge in [-0.1, -0.05) is 54.6 Å². The van der Waals surface area contributed by atoms with E-state index in [1.165, 1.54) is 7.11 Å². The maximum Gasteiger partial charge on any atom is 0.339 e. The van der Waals surface area contributed by atoms with Crippen molar-refractivity contribution >= 4 is 28.3 Å². The number of fused-ring (bicyclic) bond motifs is 1. The van der Waals surface area contributed by atoms with Crippen LogP contribution in [0.3, 0.4) is 0 Å². The summed E-state index contributed by atoms with van der Waals surface area (Å²) >= 11 is 0. The van der Waals surface area contributed by atoms with Crippen LogP contribution < -0.4 is 14.8 Å². The molecular formula is C32H25NO5. The van der Waals surface area contributed by atoms with Gasteiger partial charge in [0, 0.05) is 5.56 Å². The normalized spacial score (nSPS) is 10.6.